The first-order valence-electron chi connectivity index (χ1n) is 6.90. The van der Waals surface area contributed by atoms with Gasteiger partial charge in [-0.05, 0) is 49.4 Å². The van der Waals surface area contributed by atoms with Crippen molar-refractivity contribution in [2.24, 2.45) is 30.7 Å². The zero-order valence-corrected chi connectivity index (χ0v) is 10.3. The van der Waals surface area contributed by atoms with E-state index in [1.54, 1.807) is 0 Å². The van der Waals surface area contributed by atoms with Gasteiger partial charge in [0.15, 0.2) is 0 Å². The summed E-state index contributed by atoms with van der Waals surface area (Å²) < 4.78 is 1.81. The fraction of sp³-hybridized carbons (Fsp3) is 0.786. The fourth-order valence-corrected chi connectivity index (χ4v) is 5.09. The molecule has 0 saturated heterocycles. The molecule has 2 bridgehead atoms. The highest BCUT2D eigenvalue weighted by atomic mass is 16.3. The van der Waals surface area contributed by atoms with E-state index >= 15 is 0 Å². The summed E-state index contributed by atoms with van der Waals surface area (Å²) in [6.07, 6.45) is 10.2. The average Bonchev–Trinajstić information content (AvgIpc) is 2.95. The monoisotopic (exact) mass is 232 g/mol. The largest absolute Gasteiger partial charge is 0.385 e. The Balaban J connectivity index is 1.72. The second-order valence-electron chi connectivity index (χ2n) is 6.39. The van der Waals surface area contributed by atoms with Crippen LogP contribution in [0.3, 0.4) is 0 Å². The van der Waals surface area contributed by atoms with Crippen LogP contribution >= 0.6 is 0 Å². The first kappa shape index (κ1) is 10.1. The summed E-state index contributed by atoms with van der Waals surface area (Å²) in [5.74, 6) is 3.00. The number of hydrogen-bond acceptors (Lipinski definition) is 2. The van der Waals surface area contributed by atoms with Crippen molar-refractivity contribution in [2.75, 3.05) is 0 Å². The van der Waals surface area contributed by atoms with Gasteiger partial charge in [-0.25, -0.2) is 0 Å². The van der Waals surface area contributed by atoms with Crippen molar-refractivity contribution in [3.8, 4) is 0 Å². The molecule has 5 unspecified atom stereocenters. The average molecular weight is 232 g/mol. The van der Waals surface area contributed by atoms with Crippen molar-refractivity contribution in [3.05, 3.63) is 18.0 Å². The molecule has 3 heteroatoms. The minimum atomic E-state index is -0.565. The summed E-state index contributed by atoms with van der Waals surface area (Å²) in [5, 5.41) is 15.3. The molecular formula is C14H20N2O. The molecule has 92 valence electrons. The van der Waals surface area contributed by atoms with Crippen LogP contribution in [-0.2, 0) is 12.6 Å². The maximum absolute atomic E-state index is 11.1. The number of fused-ring (bicyclic) bond motifs is 5. The zero-order chi connectivity index (χ0) is 11.6. The maximum Gasteiger partial charge on any atom is 0.0960 e. The van der Waals surface area contributed by atoms with E-state index in [-0.39, 0.29) is 0 Å². The van der Waals surface area contributed by atoms with E-state index in [1.165, 1.54) is 25.7 Å². The number of aryl methyl sites for hydroxylation is 1. The molecule has 3 nitrogen and oxygen atoms in total. The number of hydrogen-bond donors (Lipinski definition) is 1. The molecule has 0 spiro atoms. The molecular weight excluding hydrogens is 212 g/mol. The Hall–Kier alpha value is -0.830. The lowest BCUT2D eigenvalue weighted by molar-refractivity contribution is -0.0513. The second-order valence-corrected chi connectivity index (χ2v) is 6.39. The normalized spacial score (nSPS) is 47.6. The molecule has 1 heterocycles. The Morgan fingerprint density at radius 2 is 2.24 bits per heavy atom. The van der Waals surface area contributed by atoms with Crippen molar-refractivity contribution in [1.29, 1.82) is 0 Å². The molecule has 3 fully saturated rings. The minimum absolute atomic E-state index is 0.504. The van der Waals surface area contributed by atoms with Gasteiger partial charge in [0.25, 0.3) is 0 Å². The van der Waals surface area contributed by atoms with E-state index in [9.17, 15) is 5.11 Å². The topological polar surface area (TPSA) is 38.0 Å². The van der Waals surface area contributed by atoms with Crippen molar-refractivity contribution in [3.63, 3.8) is 0 Å². The predicted octanol–water partition coefficient (Wildman–Crippen LogP) is 2.06. The summed E-state index contributed by atoms with van der Waals surface area (Å²) in [6.45, 7) is 0. The summed E-state index contributed by atoms with van der Waals surface area (Å²) in [7, 11) is 1.93. The summed E-state index contributed by atoms with van der Waals surface area (Å²) in [4.78, 5) is 0. The summed E-state index contributed by atoms with van der Waals surface area (Å²) in [6, 6.07) is 0. The van der Waals surface area contributed by atoms with Crippen LogP contribution in [-0.4, -0.2) is 14.9 Å². The molecule has 3 aliphatic carbocycles. The fourth-order valence-electron chi connectivity index (χ4n) is 5.09. The molecule has 0 radical (unpaired) electrons. The molecule has 1 aromatic rings. The van der Waals surface area contributed by atoms with Crippen molar-refractivity contribution in [1.82, 2.24) is 9.78 Å². The van der Waals surface area contributed by atoms with Crippen molar-refractivity contribution < 1.29 is 5.11 Å². The van der Waals surface area contributed by atoms with Crippen LogP contribution in [0.25, 0.3) is 0 Å². The lowest BCUT2D eigenvalue weighted by Crippen LogP contribution is -2.38. The standard InChI is InChI=1S/C14H20N2O/c1-16-8-10(7-15-16)14(17)6-9-5-13(14)12-4-2-3-11(9)12/h7-9,11-13,17H,2-6H2,1H3. The molecule has 4 rings (SSSR count). The van der Waals surface area contributed by atoms with Crippen molar-refractivity contribution in [2.45, 2.75) is 37.7 Å². The number of aliphatic hydroxyl groups is 1. The van der Waals surface area contributed by atoms with Gasteiger partial charge >= 0.3 is 0 Å². The number of rotatable bonds is 1. The van der Waals surface area contributed by atoms with Gasteiger partial charge in [-0.15, -0.1) is 0 Å². The summed E-state index contributed by atoms with van der Waals surface area (Å²) >= 11 is 0. The van der Waals surface area contributed by atoms with E-state index < -0.39 is 5.60 Å². The second kappa shape index (κ2) is 3.14. The summed E-state index contributed by atoms with van der Waals surface area (Å²) in [5.41, 5.74) is 0.489. The van der Waals surface area contributed by atoms with Gasteiger partial charge < -0.3 is 5.11 Å². The molecule has 0 aromatic carbocycles. The van der Waals surface area contributed by atoms with Gasteiger partial charge in [0, 0.05) is 18.8 Å². The van der Waals surface area contributed by atoms with Crippen LogP contribution in [0.5, 0.6) is 0 Å². The number of aromatic nitrogens is 2. The Morgan fingerprint density at radius 1 is 1.41 bits per heavy atom. The van der Waals surface area contributed by atoms with Gasteiger partial charge in [-0.1, -0.05) is 6.42 Å². The van der Waals surface area contributed by atoms with Crippen LogP contribution in [0.2, 0.25) is 0 Å². The molecule has 17 heavy (non-hydrogen) atoms. The lowest BCUT2D eigenvalue weighted by Gasteiger charge is -2.38. The zero-order valence-electron chi connectivity index (χ0n) is 10.3. The van der Waals surface area contributed by atoms with Gasteiger partial charge in [0.2, 0.25) is 0 Å². The van der Waals surface area contributed by atoms with E-state index in [0.29, 0.717) is 5.92 Å². The first-order chi connectivity index (χ1) is 8.18. The Kier molecular flexibility index (Phi) is 1.87. The number of nitrogens with zero attached hydrogens (tertiary/aromatic N) is 2. The van der Waals surface area contributed by atoms with E-state index in [2.05, 4.69) is 5.10 Å². The quantitative estimate of drug-likeness (QED) is 0.805. The molecule has 5 atom stereocenters. The molecule has 1 aromatic heterocycles. The Morgan fingerprint density at radius 3 is 3.00 bits per heavy atom. The third kappa shape index (κ3) is 1.18. The van der Waals surface area contributed by atoms with Crippen LogP contribution in [0.15, 0.2) is 12.4 Å². The molecule has 1 N–H and O–H groups in total. The molecule has 0 aliphatic heterocycles. The molecule has 3 aliphatic rings. The van der Waals surface area contributed by atoms with Gasteiger partial charge in [-0.3, -0.25) is 4.68 Å². The highest BCUT2D eigenvalue weighted by molar-refractivity contribution is 5.24. The van der Waals surface area contributed by atoms with Gasteiger partial charge in [0.05, 0.1) is 11.8 Å². The third-order valence-electron chi connectivity index (χ3n) is 5.70. The minimum Gasteiger partial charge on any atom is -0.385 e. The third-order valence-corrected chi connectivity index (χ3v) is 5.70. The molecule has 3 saturated carbocycles. The van der Waals surface area contributed by atoms with E-state index in [4.69, 9.17) is 0 Å². The van der Waals surface area contributed by atoms with Crippen molar-refractivity contribution >= 4 is 0 Å². The van der Waals surface area contributed by atoms with Crippen LogP contribution in [0.4, 0.5) is 0 Å². The smallest absolute Gasteiger partial charge is 0.0960 e. The predicted molar refractivity (Wildman–Crippen MR) is 64.1 cm³/mol. The maximum atomic E-state index is 11.1. The highest BCUT2D eigenvalue weighted by Gasteiger charge is 2.61. The Bertz CT molecular complexity index is 455. The Labute approximate surface area is 102 Å². The van der Waals surface area contributed by atoms with Gasteiger partial charge in [-0.2, -0.15) is 5.10 Å². The SMILES string of the molecule is Cn1cc(C2(O)CC3CC2C2CCCC32)cn1. The van der Waals surface area contributed by atoms with E-state index in [1.807, 2.05) is 24.1 Å². The van der Waals surface area contributed by atoms with E-state index in [0.717, 1.165) is 29.7 Å². The van der Waals surface area contributed by atoms with Crippen LogP contribution < -0.4 is 0 Å². The lowest BCUT2D eigenvalue weighted by atomic mass is 9.71. The van der Waals surface area contributed by atoms with Crippen LogP contribution in [0, 0.1) is 23.7 Å². The van der Waals surface area contributed by atoms with Crippen LogP contribution in [0.1, 0.15) is 37.7 Å². The highest BCUT2D eigenvalue weighted by Crippen LogP contribution is 2.65. The molecule has 0 amide bonds. The first-order valence-corrected chi connectivity index (χ1v) is 6.90. The van der Waals surface area contributed by atoms with Gasteiger partial charge in [0.1, 0.15) is 0 Å².